The Morgan fingerprint density at radius 1 is 1.19 bits per heavy atom. The molecule has 0 aliphatic carbocycles. The predicted octanol–water partition coefficient (Wildman–Crippen LogP) is 3.89. The van der Waals surface area contributed by atoms with Gasteiger partial charge in [-0.1, -0.05) is 23.2 Å². The first-order valence-corrected chi connectivity index (χ1v) is 9.75. The van der Waals surface area contributed by atoms with Crippen molar-refractivity contribution >= 4 is 34.9 Å². The second-order valence-corrected chi connectivity index (χ2v) is 7.23. The summed E-state index contributed by atoms with van der Waals surface area (Å²) in [5.41, 5.74) is 0.342. The molecule has 3 rings (SSSR count). The van der Waals surface area contributed by atoms with Crippen LogP contribution in [0.1, 0.15) is 35.4 Å². The van der Waals surface area contributed by atoms with Gasteiger partial charge in [0, 0.05) is 24.2 Å². The number of rotatable bonds is 6. The second kappa shape index (κ2) is 9.24. The maximum atomic E-state index is 12.2. The van der Waals surface area contributed by atoms with Gasteiger partial charge in [0.2, 0.25) is 5.88 Å². The van der Waals surface area contributed by atoms with Crippen LogP contribution in [0.3, 0.4) is 0 Å². The van der Waals surface area contributed by atoms with Crippen molar-refractivity contribution in [1.29, 1.82) is 0 Å². The summed E-state index contributed by atoms with van der Waals surface area (Å²) >= 11 is 12.0. The van der Waals surface area contributed by atoms with Crippen molar-refractivity contribution in [2.24, 2.45) is 0 Å². The minimum absolute atomic E-state index is 0.291. The number of ether oxygens (including phenoxy) is 1. The third-order valence-electron chi connectivity index (χ3n) is 4.29. The first-order valence-electron chi connectivity index (χ1n) is 8.99. The SMILES string of the molecule is Cc1nc(OCCNC(=O)c2cc(Cl)ccc2Cl)cc(N2CCCCC2)n1. The molecule has 2 aromatic rings. The standard InChI is InChI=1S/C19H22Cl2N4O2/c1-13-23-17(25-8-3-2-4-9-25)12-18(24-13)27-10-7-22-19(26)15-11-14(20)5-6-16(15)21/h5-6,11-12H,2-4,7-10H2,1H3,(H,22,26). The van der Waals surface area contributed by atoms with Crippen LogP contribution in [0.5, 0.6) is 5.88 Å². The van der Waals surface area contributed by atoms with Gasteiger partial charge < -0.3 is 15.0 Å². The zero-order valence-electron chi connectivity index (χ0n) is 15.2. The number of benzene rings is 1. The largest absolute Gasteiger partial charge is 0.476 e. The van der Waals surface area contributed by atoms with Gasteiger partial charge in [0.15, 0.2) is 0 Å². The predicted molar refractivity (Wildman–Crippen MR) is 107 cm³/mol. The van der Waals surface area contributed by atoms with Crippen molar-refractivity contribution in [1.82, 2.24) is 15.3 Å². The number of amides is 1. The lowest BCUT2D eigenvalue weighted by atomic mass is 10.1. The van der Waals surface area contributed by atoms with Gasteiger partial charge in [-0.2, -0.15) is 4.98 Å². The molecule has 144 valence electrons. The summed E-state index contributed by atoms with van der Waals surface area (Å²) in [4.78, 5) is 23.3. The maximum absolute atomic E-state index is 12.2. The van der Waals surface area contributed by atoms with E-state index in [0.717, 1.165) is 18.9 Å². The lowest BCUT2D eigenvalue weighted by molar-refractivity contribution is 0.0946. The van der Waals surface area contributed by atoms with Crippen LogP contribution in [0.25, 0.3) is 0 Å². The first kappa shape index (κ1) is 19.7. The lowest BCUT2D eigenvalue weighted by Gasteiger charge is -2.28. The molecular weight excluding hydrogens is 387 g/mol. The van der Waals surface area contributed by atoms with Crippen LogP contribution < -0.4 is 15.0 Å². The highest BCUT2D eigenvalue weighted by Crippen LogP contribution is 2.22. The van der Waals surface area contributed by atoms with Crippen molar-refractivity contribution in [3.63, 3.8) is 0 Å². The van der Waals surface area contributed by atoms with E-state index in [1.54, 1.807) is 18.2 Å². The molecule has 0 bridgehead atoms. The minimum Gasteiger partial charge on any atom is -0.476 e. The van der Waals surface area contributed by atoms with Gasteiger partial charge in [0.25, 0.3) is 5.91 Å². The molecular formula is C19H22Cl2N4O2. The van der Waals surface area contributed by atoms with Crippen LogP contribution in [-0.4, -0.2) is 42.1 Å². The molecule has 0 radical (unpaired) electrons. The van der Waals surface area contributed by atoms with Gasteiger partial charge in [-0.3, -0.25) is 4.79 Å². The highest BCUT2D eigenvalue weighted by atomic mass is 35.5. The van der Waals surface area contributed by atoms with E-state index in [4.69, 9.17) is 27.9 Å². The number of nitrogens with one attached hydrogen (secondary N) is 1. The quantitative estimate of drug-likeness (QED) is 0.734. The Labute approximate surface area is 168 Å². The van der Waals surface area contributed by atoms with Crippen molar-refractivity contribution in [3.8, 4) is 5.88 Å². The molecule has 0 atom stereocenters. The smallest absolute Gasteiger partial charge is 0.252 e. The molecule has 1 saturated heterocycles. The van der Waals surface area contributed by atoms with Gasteiger partial charge in [0.1, 0.15) is 18.2 Å². The monoisotopic (exact) mass is 408 g/mol. The molecule has 1 amide bonds. The molecule has 1 aromatic carbocycles. The van der Waals surface area contributed by atoms with Crippen LogP contribution >= 0.6 is 23.2 Å². The number of aryl methyl sites for hydroxylation is 1. The molecule has 0 unspecified atom stereocenters. The number of halogens is 2. The molecule has 1 fully saturated rings. The fraction of sp³-hybridized carbons (Fsp3) is 0.421. The topological polar surface area (TPSA) is 67.3 Å². The van der Waals surface area contributed by atoms with Crippen LogP contribution in [0, 0.1) is 6.92 Å². The fourth-order valence-corrected chi connectivity index (χ4v) is 3.35. The Hall–Kier alpha value is -2.05. The molecule has 8 heteroatoms. The summed E-state index contributed by atoms with van der Waals surface area (Å²) in [7, 11) is 0. The summed E-state index contributed by atoms with van der Waals surface area (Å²) < 4.78 is 5.71. The molecule has 2 heterocycles. The minimum atomic E-state index is -0.293. The van der Waals surface area contributed by atoms with Crippen LogP contribution in [-0.2, 0) is 0 Å². The van der Waals surface area contributed by atoms with E-state index in [1.807, 2.05) is 13.0 Å². The van der Waals surface area contributed by atoms with Crippen molar-refractivity contribution < 1.29 is 9.53 Å². The average Bonchev–Trinajstić information content (AvgIpc) is 2.67. The van der Waals surface area contributed by atoms with Gasteiger partial charge in [-0.15, -0.1) is 0 Å². The van der Waals surface area contributed by atoms with E-state index in [0.29, 0.717) is 40.5 Å². The number of hydrogen-bond donors (Lipinski definition) is 1. The molecule has 27 heavy (non-hydrogen) atoms. The Morgan fingerprint density at radius 2 is 1.96 bits per heavy atom. The van der Waals surface area contributed by atoms with E-state index in [1.165, 1.54) is 19.3 Å². The summed E-state index contributed by atoms with van der Waals surface area (Å²) in [5, 5.41) is 3.59. The fourth-order valence-electron chi connectivity index (χ4n) is 2.97. The molecule has 1 aliphatic rings. The number of aromatic nitrogens is 2. The number of hydrogen-bond acceptors (Lipinski definition) is 5. The normalized spacial score (nSPS) is 14.1. The average molecular weight is 409 g/mol. The summed E-state index contributed by atoms with van der Waals surface area (Å²) in [6.45, 7) is 4.48. The Morgan fingerprint density at radius 3 is 2.74 bits per heavy atom. The van der Waals surface area contributed by atoms with E-state index in [-0.39, 0.29) is 5.91 Å². The van der Waals surface area contributed by atoms with E-state index >= 15 is 0 Å². The Bertz CT molecular complexity index is 810. The zero-order valence-corrected chi connectivity index (χ0v) is 16.7. The van der Waals surface area contributed by atoms with Crippen LogP contribution in [0.15, 0.2) is 24.3 Å². The van der Waals surface area contributed by atoms with Gasteiger partial charge in [-0.25, -0.2) is 4.98 Å². The van der Waals surface area contributed by atoms with E-state index in [2.05, 4.69) is 20.2 Å². The van der Waals surface area contributed by atoms with Crippen molar-refractivity contribution in [3.05, 3.63) is 45.7 Å². The van der Waals surface area contributed by atoms with E-state index in [9.17, 15) is 4.79 Å². The number of carbonyl (C=O) groups excluding carboxylic acids is 1. The summed E-state index contributed by atoms with van der Waals surface area (Å²) in [5.74, 6) is 1.78. The van der Waals surface area contributed by atoms with Crippen molar-refractivity contribution in [2.45, 2.75) is 26.2 Å². The summed E-state index contributed by atoms with van der Waals surface area (Å²) in [6.07, 6.45) is 3.62. The number of nitrogens with zero attached hydrogens (tertiary/aromatic N) is 3. The number of anilines is 1. The molecule has 1 N–H and O–H groups in total. The number of piperidine rings is 1. The van der Waals surface area contributed by atoms with Gasteiger partial charge in [0.05, 0.1) is 17.1 Å². The maximum Gasteiger partial charge on any atom is 0.252 e. The third-order valence-corrected chi connectivity index (χ3v) is 4.86. The van der Waals surface area contributed by atoms with Gasteiger partial charge in [-0.05, 0) is 44.4 Å². The highest BCUT2D eigenvalue weighted by Gasteiger charge is 2.14. The number of carbonyl (C=O) groups is 1. The molecule has 6 nitrogen and oxygen atoms in total. The van der Waals surface area contributed by atoms with Crippen LogP contribution in [0.2, 0.25) is 10.0 Å². The summed E-state index contributed by atoms with van der Waals surface area (Å²) in [6, 6.07) is 6.63. The lowest BCUT2D eigenvalue weighted by Crippen LogP contribution is -2.30. The molecule has 0 spiro atoms. The van der Waals surface area contributed by atoms with Crippen LogP contribution in [0.4, 0.5) is 5.82 Å². The Kier molecular flexibility index (Phi) is 6.74. The molecule has 1 aliphatic heterocycles. The van der Waals surface area contributed by atoms with Crippen molar-refractivity contribution in [2.75, 3.05) is 31.1 Å². The first-order chi connectivity index (χ1) is 13.0. The molecule has 1 aromatic heterocycles. The highest BCUT2D eigenvalue weighted by molar-refractivity contribution is 6.35. The Balaban J connectivity index is 1.53. The second-order valence-electron chi connectivity index (χ2n) is 6.39. The van der Waals surface area contributed by atoms with Gasteiger partial charge >= 0.3 is 0 Å². The third kappa shape index (κ3) is 5.47. The molecule has 0 saturated carbocycles. The zero-order chi connectivity index (χ0) is 19.2. The van der Waals surface area contributed by atoms with E-state index < -0.39 is 0 Å².